The Hall–Kier alpha value is -3.09. The fraction of sp³-hybridized carbons (Fsp3) is 0.238. The average molecular weight is 390 g/mol. The Labute approximate surface area is 158 Å². The zero-order valence-electron chi connectivity index (χ0n) is 15.2. The Morgan fingerprint density at radius 3 is 2.57 bits per heavy atom. The van der Waals surface area contributed by atoms with Crippen molar-refractivity contribution in [3.63, 3.8) is 0 Å². The number of carbonyl (C=O) groups is 1. The summed E-state index contributed by atoms with van der Waals surface area (Å²) in [4.78, 5) is 23.9. The van der Waals surface area contributed by atoms with Crippen LogP contribution in [0, 0.1) is 13.8 Å². The lowest BCUT2D eigenvalue weighted by atomic mass is 10.0. The zero-order valence-corrected chi connectivity index (χ0v) is 15.2. The molecule has 0 spiro atoms. The lowest BCUT2D eigenvalue weighted by Gasteiger charge is -2.11. The molecule has 1 aromatic heterocycles. The van der Waals surface area contributed by atoms with Crippen molar-refractivity contribution in [3.8, 4) is 0 Å². The summed E-state index contributed by atoms with van der Waals surface area (Å²) in [6.45, 7) is 3.53. The molecule has 0 bridgehead atoms. The van der Waals surface area contributed by atoms with E-state index in [2.05, 4.69) is 0 Å². The van der Waals surface area contributed by atoms with Crippen molar-refractivity contribution >= 4 is 16.9 Å². The standard InChI is InChI=1S/C21H17F3O4/c1-12-6-7-17-15(10-19(26)28-20(17)13(12)2)11-27-18(25)9-14-4-3-5-16(8-14)21(22,23)24/h3-8,10H,9,11H2,1-2H3. The molecule has 0 amide bonds. The molecule has 0 aliphatic heterocycles. The van der Waals surface area contributed by atoms with Crippen molar-refractivity contribution in [2.24, 2.45) is 0 Å². The van der Waals surface area contributed by atoms with Crippen LogP contribution in [0.15, 0.2) is 51.7 Å². The molecule has 146 valence electrons. The summed E-state index contributed by atoms with van der Waals surface area (Å²) in [6, 6.07) is 9.41. The molecule has 0 unspecified atom stereocenters. The number of alkyl halides is 3. The van der Waals surface area contributed by atoms with E-state index in [4.69, 9.17) is 9.15 Å². The zero-order chi connectivity index (χ0) is 20.5. The van der Waals surface area contributed by atoms with Crippen molar-refractivity contribution in [1.82, 2.24) is 0 Å². The molecule has 0 aliphatic rings. The monoisotopic (exact) mass is 390 g/mol. The number of hydrogen-bond donors (Lipinski definition) is 0. The minimum Gasteiger partial charge on any atom is -0.461 e. The van der Waals surface area contributed by atoms with Gasteiger partial charge in [-0.2, -0.15) is 13.2 Å². The Kier molecular flexibility index (Phi) is 5.27. The molecule has 4 nitrogen and oxygen atoms in total. The van der Waals surface area contributed by atoms with E-state index in [1.165, 1.54) is 18.2 Å². The first-order chi connectivity index (χ1) is 13.1. The summed E-state index contributed by atoms with van der Waals surface area (Å²) in [6.07, 6.45) is -4.78. The Morgan fingerprint density at radius 2 is 1.86 bits per heavy atom. The fourth-order valence-electron chi connectivity index (χ4n) is 2.88. The van der Waals surface area contributed by atoms with Gasteiger partial charge in [0.1, 0.15) is 12.2 Å². The quantitative estimate of drug-likeness (QED) is 0.478. The van der Waals surface area contributed by atoms with Crippen LogP contribution in [0.1, 0.15) is 27.8 Å². The Balaban J connectivity index is 1.77. The molecule has 0 saturated heterocycles. The number of benzene rings is 2. The number of esters is 1. The maximum absolute atomic E-state index is 12.8. The number of aryl methyl sites for hydroxylation is 2. The molecule has 3 aromatic rings. The highest BCUT2D eigenvalue weighted by Gasteiger charge is 2.30. The van der Waals surface area contributed by atoms with Crippen molar-refractivity contribution < 1.29 is 27.1 Å². The average Bonchev–Trinajstić information content (AvgIpc) is 2.62. The number of halogens is 3. The third-order valence-corrected chi connectivity index (χ3v) is 4.51. The minimum absolute atomic E-state index is 0.178. The summed E-state index contributed by atoms with van der Waals surface area (Å²) >= 11 is 0. The van der Waals surface area contributed by atoms with Crippen molar-refractivity contribution in [3.05, 3.63) is 80.7 Å². The first-order valence-corrected chi connectivity index (χ1v) is 8.50. The Morgan fingerprint density at radius 1 is 1.11 bits per heavy atom. The summed E-state index contributed by atoms with van der Waals surface area (Å²) in [7, 11) is 0. The van der Waals surface area contributed by atoms with Crippen LogP contribution in [0.25, 0.3) is 11.0 Å². The molecule has 28 heavy (non-hydrogen) atoms. The second-order valence-corrected chi connectivity index (χ2v) is 6.51. The lowest BCUT2D eigenvalue weighted by Crippen LogP contribution is -2.11. The van der Waals surface area contributed by atoms with Gasteiger partial charge < -0.3 is 9.15 Å². The van der Waals surface area contributed by atoms with E-state index < -0.39 is 23.3 Å². The number of fused-ring (bicyclic) bond motifs is 1. The molecule has 1 heterocycles. The summed E-state index contributed by atoms with van der Waals surface area (Å²) in [5, 5.41) is 0.648. The van der Waals surface area contributed by atoms with E-state index in [0.717, 1.165) is 23.3 Å². The fourth-order valence-corrected chi connectivity index (χ4v) is 2.88. The summed E-state index contributed by atoms with van der Waals surface area (Å²) in [5.74, 6) is -0.690. The topological polar surface area (TPSA) is 56.5 Å². The van der Waals surface area contributed by atoms with E-state index in [1.54, 1.807) is 6.07 Å². The van der Waals surface area contributed by atoms with Crippen LogP contribution < -0.4 is 5.63 Å². The molecule has 2 aromatic carbocycles. The van der Waals surface area contributed by atoms with Gasteiger partial charge >= 0.3 is 17.8 Å². The van der Waals surface area contributed by atoms with Crippen LogP contribution in [0.2, 0.25) is 0 Å². The smallest absolute Gasteiger partial charge is 0.416 e. The predicted molar refractivity (Wildman–Crippen MR) is 96.9 cm³/mol. The SMILES string of the molecule is Cc1ccc2c(COC(=O)Cc3cccc(C(F)(F)F)c3)cc(=O)oc2c1C. The molecular weight excluding hydrogens is 373 g/mol. The van der Waals surface area contributed by atoms with E-state index in [-0.39, 0.29) is 18.6 Å². The normalized spacial score (nSPS) is 11.6. The van der Waals surface area contributed by atoms with E-state index in [1.807, 2.05) is 19.9 Å². The first-order valence-electron chi connectivity index (χ1n) is 8.50. The van der Waals surface area contributed by atoms with E-state index in [9.17, 15) is 22.8 Å². The van der Waals surface area contributed by atoms with Gasteiger partial charge in [-0.3, -0.25) is 4.79 Å². The van der Waals surface area contributed by atoms with Gasteiger partial charge in [0.2, 0.25) is 0 Å². The maximum Gasteiger partial charge on any atom is 0.416 e. The van der Waals surface area contributed by atoms with Crippen LogP contribution in [0.4, 0.5) is 13.2 Å². The Bertz CT molecular complexity index is 1100. The molecule has 0 N–H and O–H groups in total. The number of ether oxygens (including phenoxy) is 1. The van der Waals surface area contributed by atoms with E-state index in [0.29, 0.717) is 16.5 Å². The molecule has 0 fully saturated rings. The highest BCUT2D eigenvalue weighted by atomic mass is 19.4. The van der Waals surface area contributed by atoms with Gasteiger partial charge in [-0.05, 0) is 36.6 Å². The highest BCUT2D eigenvalue weighted by Crippen LogP contribution is 2.29. The van der Waals surface area contributed by atoms with Crippen LogP contribution in [-0.2, 0) is 28.7 Å². The molecule has 0 atom stereocenters. The molecule has 3 rings (SSSR count). The third-order valence-electron chi connectivity index (χ3n) is 4.51. The molecule has 0 saturated carbocycles. The minimum atomic E-state index is -4.48. The van der Waals surface area contributed by atoms with E-state index >= 15 is 0 Å². The maximum atomic E-state index is 12.8. The largest absolute Gasteiger partial charge is 0.461 e. The molecule has 0 aliphatic carbocycles. The predicted octanol–water partition coefficient (Wildman–Crippen LogP) is 4.71. The van der Waals surface area contributed by atoms with Crippen LogP contribution in [0.3, 0.4) is 0 Å². The number of rotatable bonds is 4. The van der Waals surface area contributed by atoms with Gasteiger partial charge in [-0.1, -0.05) is 30.3 Å². The second kappa shape index (κ2) is 7.50. The van der Waals surface area contributed by atoms with Gasteiger partial charge in [0.25, 0.3) is 0 Å². The van der Waals surface area contributed by atoms with Crippen LogP contribution in [0.5, 0.6) is 0 Å². The molecule has 7 heteroatoms. The van der Waals surface area contributed by atoms with Crippen molar-refractivity contribution in [2.45, 2.75) is 33.1 Å². The van der Waals surface area contributed by atoms with Gasteiger partial charge in [-0.25, -0.2) is 4.79 Å². The third kappa shape index (κ3) is 4.24. The van der Waals surface area contributed by atoms with Crippen LogP contribution in [-0.4, -0.2) is 5.97 Å². The first kappa shape index (κ1) is 19.7. The summed E-state index contributed by atoms with van der Waals surface area (Å²) < 4.78 is 48.8. The van der Waals surface area contributed by atoms with Crippen LogP contribution >= 0.6 is 0 Å². The van der Waals surface area contributed by atoms with Gasteiger partial charge in [-0.15, -0.1) is 0 Å². The summed E-state index contributed by atoms with van der Waals surface area (Å²) in [5.41, 5.74) is 1.48. The number of carbonyl (C=O) groups excluding carboxylic acids is 1. The second-order valence-electron chi connectivity index (χ2n) is 6.51. The van der Waals surface area contributed by atoms with Crippen molar-refractivity contribution in [1.29, 1.82) is 0 Å². The molecular formula is C21H17F3O4. The highest BCUT2D eigenvalue weighted by molar-refractivity contribution is 5.84. The lowest BCUT2D eigenvalue weighted by molar-refractivity contribution is -0.144. The van der Waals surface area contributed by atoms with Gasteiger partial charge in [0.15, 0.2) is 0 Å². The molecule has 0 radical (unpaired) electrons. The van der Waals surface area contributed by atoms with Gasteiger partial charge in [0, 0.05) is 17.0 Å². The van der Waals surface area contributed by atoms with Crippen molar-refractivity contribution in [2.75, 3.05) is 0 Å². The number of hydrogen-bond acceptors (Lipinski definition) is 4. The van der Waals surface area contributed by atoms with Gasteiger partial charge in [0.05, 0.1) is 12.0 Å².